The van der Waals surface area contributed by atoms with Crippen molar-refractivity contribution >= 4 is 0 Å². The summed E-state index contributed by atoms with van der Waals surface area (Å²) in [5.74, 6) is -0.436. The minimum absolute atomic E-state index is 0.204. The van der Waals surface area contributed by atoms with E-state index < -0.39 is 5.82 Å². The Hall–Kier alpha value is -2.22. The van der Waals surface area contributed by atoms with Crippen molar-refractivity contribution in [3.8, 4) is 11.8 Å². The number of hydrogen-bond acceptors (Lipinski definition) is 3. The summed E-state index contributed by atoms with van der Waals surface area (Å²) in [6.45, 7) is 0. The molecule has 1 aromatic carbocycles. The molecule has 0 amide bonds. The van der Waals surface area contributed by atoms with Crippen molar-refractivity contribution in [3.63, 3.8) is 0 Å². The van der Waals surface area contributed by atoms with Gasteiger partial charge in [-0.15, -0.1) is 5.10 Å². The van der Waals surface area contributed by atoms with Crippen molar-refractivity contribution in [2.24, 2.45) is 0 Å². The number of rotatable bonds is 1. The third-order valence-electron chi connectivity index (χ3n) is 1.74. The van der Waals surface area contributed by atoms with Crippen LogP contribution in [0.25, 0.3) is 5.69 Å². The highest BCUT2D eigenvalue weighted by atomic mass is 19.1. The molecule has 68 valence electrons. The first-order valence-corrected chi connectivity index (χ1v) is 3.88. The molecule has 0 fully saturated rings. The lowest BCUT2D eigenvalue weighted by Gasteiger charge is -2.01. The third-order valence-corrected chi connectivity index (χ3v) is 1.74. The smallest absolute Gasteiger partial charge is 0.164 e. The first kappa shape index (κ1) is 8.38. The maximum atomic E-state index is 13.3. The Morgan fingerprint density at radius 2 is 2.14 bits per heavy atom. The minimum atomic E-state index is -0.436. The summed E-state index contributed by atoms with van der Waals surface area (Å²) in [7, 11) is 0. The van der Waals surface area contributed by atoms with Crippen LogP contribution in [0.3, 0.4) is 0 Å². The van der Waals surface area contributed by atoms with Crippen molar-refractivity contribution < 1.29 is 4.39 Å². The molecule has 0 bridgehead atoms. The summed E-state index contributed by atoms with van der Waals surface area (Å²) >= 11 is 0. The second-order valence-corrected chi connectivity index (χ2v) is 2.59. The summed E-state index contributed by atoms with van der Waals surface area (Å²) in [4.78, 5) is 0. The van der Waals surface area contributed by atoms with Gasteiger partial charge in [-0.25, -0.2) is 4.39 Å². The summed E-state index contributed by atoms with van der Waals surface area (Å²) in [5, 5.41) is 15.8. The highest BCUT2D eigenvalue weighted by Crippen LogP contribution is 2.12. The second-order valence-electron chi connectivity index (χ2n) is 2.59. The van der Waals surface area contributed by atoms with Crippen LogP contribution < -0.4 is 0 Å². The Balaban J connectivity index is 2.62. The summed E-state index contributed by atoms with van der Waals surface area (Å²) < 4.78 is 14.4. The Morgan fingerprint density at radius 1 is 1.36 bits per heavy atom. The Bertz CT molecular complexity index is 498. The Kier molecular flexibility index (Phi) is 1.95. The Morgan fingerprint density at radius 3 is 2.86 bits per heavy atom. The van der Waals surface area contributed by atoms with Gasteiger partial charge in [0.1, 0.15) is 17.6 Å². The molecular formula is C9H5FN4. The van der Waals surface area contributed by atoms with Crippen molar-refractivity contribution in [2.75, 3.05) is 0 Å². The normalized spacial score (nSPS) is 9.71. The highest BCUT2D eigenvalue weighted by molar-refractivity contribution is 5.36. The standard InChI is InChI=1S/C9H5FN4/c10-8-3-1-2-4-9(8)14-7(5-11)6-12-13-14/h1-4,6H. The van der Waals surface area contributed by atoms with E-state index in [0.717, 1.165) is 4.68 Å². The molecule has 2 aromatic rings. The first-order valence-electron chi connectivity index (χ1n) is 3.88. The van der Waals surface area contributed by atoms with E-state index in [2.05, 4.69) is 10.3 Å². The van der Waals surface area contributed by atoms with E-state index in [4.69, 9.17) is 5.26 Å². The molecule has 2 rings (SSSR count). The zero-order chi connectivity index (χ0) is 9.97. The third kappa shape index (κ3) is 1.23. The zero-order valence-corrected chi connectivity index (χ0v) is 7.05. The highest BCUT2D eigenvalue weighted by Gasteiger charge is 2.08. The van der Waals surface area contributed by atoms with Gasteiger partial charge in [0.2, 0.25) is 0 Å². The average Bonchev–Trinajstić information content (AvgIpc) is 2.66. The molecule has 14 heavy (non-hydrogen) atoms. The zero-order valence-electron chi connectivity index (χ0n) is 7.05. The van der Waals surface area contributed by atoms with Crippen LogP contribution in [0.2, 0.25) is 0 Å². The molecule has 0 saturated heterocycles. The first-order chi connectivity index (χ1) is 6.83. The van der Waals surface area contributed by atoms with Crippen LogP contribution in [0.5, 0.6) is 0 Å². The summed E-state index contributed by atoms with van der Waals surface area (Å²) in [6.07, 6.45) is 1.28. The quantitative estimate of drug-likeness (QED) is 0.677. The maximum absolute atomic E-state index is 13.3. The van der Waals surface area contributed by atoms with E-state index in [-0.39, 0.29) is 11.4 Å². The van der Waals surface area contributed by atoms with Crippen molar-refractivity contribution in [2.45, 2.75) is 0 Å². The minimum Gasteiger partial charge on any atom is -0.205 e. The van der Waals surface area contributed by atoms with E-state index in [0.29, 0.717) is 0 Å². The van der Waals surface area contributed by atoms with Crippen LogP contribution in [0.1, 0.15) is 5.69 Å². The van der Waals surface area contributed by atoms with E-state index in [1.807, 2.05) is 6.07 Å². The molecule has 4 nitrogen and oxygen atoms in total. The van der Waals surface area contributed by atoms with Gasteiger partial charge < -0.3 is 0 Å². The number of nitrogens with zero attached hydrogens (tertiary/aromatic N) is 4. The van der Waals surface area contributed by atoms with E-state index in [9.17, 15) is 4.39 Å². The monoisotopic (exact) mass is 188 g/mol. The molecule has 0 unspecified atom stereocenters. The van der Waals surface area contributed by atoms with Gasteiger partial charge in [-0.3, -0.25) is 0 Å². The largest absolute Gasteiger partial charge is 0.205 e. The molecule has 0 radical (unpaired) electrons. The van der Waals surface area contributed by atoms with E-state index >= 15 is 0 Å². The van der Waals surface area contributed by atoms with Gasteiger partial charge in [-0.05, 0) is 12.1 Å². The molecule has 0 spiro atoms. The fourth-order valence-electron chi connectivity index (χ4n) is 1.11. The molecule has 0 aliphatic carbocycles. The van der Waals surface area contributed by atoms with Crippen LogP contribution in [0, 0.1) is 17.1 Å². The molecule has 0 aliphatic rings. The second kappa shape index (κ2) is 3.26. The molecule has 1 aromatic heterocycles. The summed E-state index contributed by atoms with van der Waals surface area (Å²) in [6, 6.07) is 7.95. The van der Waals surface area contributed by atoms with Crippen molar-refractivity contribution in [1.29, 1.82) is 5.26 Å². The van der Waals surface area contributed by atoms with E-state index in [1.165, 1.54) is 18.3 Å². The van der Waals surface area contributed by atoms with Gasteiger partial charge in [-0.1, -0.05) is 17.3 Å². The maximum Gasteiger partial charge on any atom is 0.164 e. The van der Waals surface area contributed by atoms with Gasteiger partial charge in [-0.2, -0.15) is 9.94 Å². The lowest BCUT2D eigenvalue weighted by Crippen LogP contribution is -2.02. The number of hydrogen-bond donors (Lipinski definition) is 0. The number of para-hydroxylation sites is 1. The number of nitriles is 1. The average molecular weight is 188 g/mol. The number of aromatic nitrogens is 3. The molecule has 5 heteroatoms. The lowest BCUT2D eigenvalue weighted by molar-refractivity contribution is 0.606. The van der Waals surface area contributed by atoms with E-state index in [1.54, 1.807) is 12.1 Å². The van der Waals surface area contributed by atoms with Crippen LogP contribution >= 0.6 is 0 Å². The number of halogens is 1. The fraction of sp³-hybridized carbons (Fsp3) is 0. The Labute approximate surface area is 79.2 Å². The van der Waals surface area contributed by atoms with Crippen LogP contribution in [-0.4, -0.2) is 15.0 Å². The van der Waals surface area contributed by atoms with Crippen LogP contribution in [-0.2, 0) is 0 Å². The molecule has 0 aliphatic heterocycles. The fourth-order valence-corrected chi connectivity index (χ4v) is 1.11. The van der Waals surface area contributed by atoms with Gasteiger partial charge in [0.15, 0.2) is 5.69 Å². The van der Waals surface area contributed by atoms with Gasteiger partial charge in [0, 0.05) is 0 Å². The van der Waals surface area contributed by atoms with Crippen molar-refractivity contribution in [3.05, 3.63) is 42.0 Å². The van der Waals surface area contributed by atoms with Crippen LogP contribution in [0.4, 0.5) is 4.39 Å². The van der Waals surface area contributed by atoms with Gasteiger partial charge >= 0.3 is 0 Å². The van der Waals surface area contributed by atoms with Gasteiger partial charge in [0.25, 0.3) is 0 Å². The molecule has 0 atom stereocenters. The molecule has 1 heterocycles. The lowest BCUT2D eigenvalue weighted by atomic mass is 10.3. The topological polar surface area (TPSA) is 54.5 Å². The van der Waals surface area contributed by atoms with Gasteiger partial charge in [0.05, 0.1) is 6.20 Å². The summed E-state index contributed by atoms with van der Waals surface area (Å²) in [5.41, 5.74) is 0.427. The predicted molar refractivity (Wildman–Crippen MR) is 46.0 cm³/mol. The molecular weight excluding hydrogens is 183 g/mol. The van der Waals surface area contributed by atoms with Crippen LogP contribution in [0.15, 0.2) is 30.5 Å². The van der Waals surface area contributed by atoms with Crippen molar-refractivity contribution in [1.82, 2.24) is 15.0 Å². The number of benzene rings is 1. The molecule has 0 N–H and O–H groups in total. The SMILES string of the molecule is N#Cc1cnnn1-c1ccccc1F. The predicted octanol–water partition coefficient (Wildman–Crippen LogP) is 1.28. The molecule has 0 saturated carbocycles.